The lowest BCUT2D eigenvalue weighted by atomic mass is 10.2. The van der Waals surface area contributed by atoms with Gasteiger partial charge in [-0.1, -0.05) is 18.2 Å². The molecule has 18 heavy (non-hydrogen) atoms. The lowest BCUT2D eigenvalue weighted by Crippen LogP contribution is -2.03. The third-order valence-electron chi connectivity index (χ3n) is 2.66. The van der Waals surface area contributed by atoms with Crippen molar-refractivity contribution in [2.24, 2.45) is 5.73 Å². The lowest BCUT2D eigenvalue weighted by molar-refractivity contribution is 0.420. The normalized spacial score (nSPS) is 10.4. The van der Waals surface area contributed by atoms with Gasteiger partial charge in [0.2, 0.25) is 5.88 Å². The van der Waals surface area contributed by atoms with Gasteiger partial charge in [0.25, 0.3) is 0 Å². The van der Waals surface area contributed by atoms with Gasteiger partial charge in [0.15, 0.2) is 11.6 Å². The summed E-state index contributed by atoms with van der Waals surface area (Å²) in [4.78, 5) is 4.24. The Bertz CT molecular complexity index is 570. The van der Waals surface area contributed by atoms with E-state index in [0.717, 1.165) is 11.3 Å². The summed E-state index contributed by atoms with van der Waals surface area (Å²) >= 11 is 0. The van der Waals surface area contributed by atoms with Crippen LogP contribution in [-0.4, -0.2) is 4.98 Å². The zero-order valence-electron chi connectivity index (χ0n) is 10.4. The maximum atomic E-state index is 13.8. The first-order valence-corrected chi connectivity index (χ1v) is 5.71. The van der Waals surface area contributed by atoms with Crippen molar-refractivity contribution in [1.29, 1.82) is 0 Å². The summed E-state index contributed by atoms with van der Waals surface area (Å²) in [5.74, 6) is 0.161. The summed E-state index contributed by atoms with van der Waals surface area (Å²) < 4.78 is 19.4. The Hall–Kier alpha value is -1.94. The van der Waals surface area contributed by atoms with Gasteiger partial charge >= 0.3 is 0 Å². The summed E-state index contributed by atoms with van der Waals surface area (Å²) in [5, 5.41) is 0. The molecule has 0 radical (unpaired) electrons. The standard InChI is InChI=1S/C14H15FN2O/c1-9-4-3-5-12(13(9)15)18-14-11(8-16)7-6-10(2)17-14/h3-7H,8,16H2,1-2H3. The van der Waals surface area contributed by atoms with Crippen molar-refractivity contribution in [2.75, 3.05) is 0 Å². The molecule has 0 aliphatic rings. The zero-order valence-corrected chi connectivity index (χ0v) is 10.4. The molecule has 94 valence electrons. The van der Waals surface area contributed by atoms with Crippen LogP contribution in [0.25, 0.3) is 0 Å². The summed E-state index contributed by atoms with van der Waals surface area (Å²) in [6.45, 7) is 3.84. The van der Waals surface area contributed by atoms with Crippen molar-refractivity contribution in [3.63, 3.8) is 0 Å². The fourth-order valence-corrected chi connectivity index (χ4v) is 1.61. The van der Waals surface area contributed by atoms with E-state index in [-0.39, 0.29) is 11.6 Å². The highest BCUT2D eigenvalue weighted by atomic mass is 19.1. The Labute approximate surface area is 105 Å². The van der Waals surface area contributed by atoms with Crippen molar-refractivity contribution < 1.29 is 9.13 Å². The minimum absolute atomic E-state index is 0.169. The number of aryl methyl sites for hydroxylation is 2. The first kappa shape index (κ1) is 12.5. The Kier molecular flexibility index (Phi) is 3.58. The van der Waals surface area contributed by atoms with Crippen LogP contribution in [-0.2, 0) is 6.54 Å². The number of aromatic nitrogens is 1. The van der Waals surface area contributed by atoms with Crippen LogP contribution in [0.2, 0.25) is 0 Å². The smallest absolute Gasteiger partial charge is 0.224 e. The summed E-state index contributed by atoms with van der Waals surface area (Å²) in [6.07, 6.45) is 0. The fraction of sp³-hybridized carbons (Fsp3) is 0.214. The van der Waals surface area contributed by atoms with Crippen molar-refractivity contribution in [3.05, 3.63) is 53.0 Å². The van der Waals surface area contributed by atoms with Crippen LogP contribution < -0.4 is 10.5 Å². The molecule has 1 heterocycles. The van der Waals surface area contributed by atoms with Crippen LogP contribution in [0, 0.1) is 19.7 Å². The van der Waals surface area contributed by atoms with E-state index in [1.807, 2.05) is 19.1 Å². The molecule has 1 aromatic carbocycles. The van der Waals surface area contributed by atoms with E-state index in [9.17, 15) is 4.39 Å². The Morgan fingerprint density at radius 2 is 2.00 bits per heavy atom. The average molecular weight is 246 g/mol. The summed E-state index contributed by atoms with van der Waals surface area (Å²) in [7, 11) is 0. The van der Waals surface area contributed by atoms with Crippen LogP contribution in [0.4, 0.5) is 4.39 Å². The molecule has 4 heteroatoms. The molecule has 0 aliphatic carbocycles. The number of ether oxygens (including phenoxy) is 1. The van der Waals surface area contributed by atoms with Gasteiger partial charge < -0.3 is 10.5 Å². The molecule has 0 unspecified atom stereocenters. The summed E-state index contributed by atoms with van der Waals surface area (Å²) in [5.41, 5.74) is 7.70. The van der Waals surface area contributed by atoms with E-state index in [1.54, 1.807) is 25.1 Å². The number of benzene rings is 1. The number of hydrogen-bond acceptors (Lipinski definition) is 3. The van der Waals surface area contributed by atoms with Gasteiger partial charge in [0.1, 0.15) is 0 Å². The van der Waals surface area contributed by atoms with Crippen LogP contribution in [0.1, 0.15) is 16.8 Å². The molecule has 0 aliphatic heterocycles. The Balaban J connectivity index is 2.39. The van der Waals surface area contributed by atoms with Crippen molar-refractivity contribution >= 4 is 0 Å². The van der Waals surface area contributed by atoms with Gasteiger partial charge in [0, 0.05) is 17.8 Å². The van der Waals surface area contributed by atoms with Gasteiger partial charge in [-0.15, -0.1) is 0 Å². The molecule has 2 N–H and O–H groups in total. The lowest BCUT2D eigenvalue weighted by Gasteiger charge is -2.11. The predicted molar refractivity (Wildman–Crippen MR) is 68.1 cm³/mol. The van der Waals surface area contributed by atoms with Crippen LogP contribution in [0.15, 0.2) is 30.3 Å². The Morgan fingerprint density at radius 1 is 1.22 bits per heavy atom. The number of hydrogen-bond donors (Lipinski definition) is 1. The molecule has 2 aromatic rings. The SMILES string of the molecule is Cc1ccc(CN)c(Oc2cccc(C)c2F)n1. The van der Waals surface area contributed by atoms with E-state index >= 15 is 0 Å². The molecule has 1 aromatic heterocycles. The largest absolute Gasteiger partial charge is 0.436 e. The predicted octanol–water partition coefficient (Wildman–Crippen LogP) is 3.09. The highest BCUT2D eigenvalue weighted by Gasteiger charge is 2.10. The van der Waals surface area contributed by atoms with E-state index in [1.165, 1.54) is 0 Å². The van der Waals surface area contributed by atoms with Crippen molar-refractivity contribution in [1.82, 2.24) is 4.98 Å². The highest BCUT2D eigenvalue weighted by Crippen LogP contribution is 2.27. The second kappa shape index (κ2) is 5.14. The molecular weight excluding hydrogens is 231 g/mol. The molecule has 0 amide bonds. The number of rotatable bonds is 3. The van der Waals surface area contributed by atoms with Crippen molar-refractivity contribution in [2.45, 2.75) is 20.4 Å². The van der Waals surface area contributed by atoms with Crippen molar-refractivity contribution in [3.8, 4) is 11.6 Å². The van der Waals surface area contributed by atoms with E-state index in [0.29, 0.717) is 18.0 Å². The first-order chi connectivity index (χ1) is 8.61. The number of pyridine rings is 1. The second-order valence-corrected chi connectivity index (χ2v) is 4.11. The molecule has 0 fully saturated rings. The summed E-state index contributed by atoms with van der Waals surface area (Å²) in [6, 6.07) is 8.70. The molecule has 0 spiro atoms. The molecule has 0 bridgehead atoms. The zero-order chi connectivity index (χ0) is 13.1. The number of halogens is 1. The molecule has 0 saturated carbocycles. The third-order valence-corrected chi connectivity index (χ3v) is 2.66. The second-order valence-electron chi connectivity index (χ2n) is 4.11. The first-order valence-electron chi connectivity index (χ1n) is 5.71. The number of nitrogens with zero attached hydrogens (tertiary/aromatic N) is 1. The molecule has 0 atom stereocenters. The van der Waals surface area contributed by atoms with E-state index in [2.05, 4.69) is 4.98 Å². The highest BCUT2D eigenvalue weighted by molar-refractivity contribution is 5.36. The van der Waals surface area contributed by atoms with Gasteiger partial charge in [0.05, 0.1) is 0 Å². The molecule has 0 saturated heterocycles. The Morgan fingerprint density at radius 3 is 2.72 bits per heavy atom. The van der Waals surface area contributed by atoms with Gasteiger partial charge in [-0.25, -0.2) is 9.37 Å². The minimum Gasteiger partial charge on any atom is -0.436 e. The monoisotopic (exact) mass is 246 g/mol. The molecule has 3 nitrogen and oxygen atoms in total. The van der Waals surface area contributed by atoms with Crippen LogP contribution >= 0.6 is 0 Å². The number of nitrogens with two attached hydrogens (primary N) is 1. The minimum atomic E-state index is -0.372. The molecule has 2 rings (SSSR count). The third kappa shape index (κ3) is 2.49. The molecular formula is C14H15FN2O. The van der Waals surface area contributed by atoms with E-state index < -0.39 is 0 Å². The van der Waals surface area contributed by atoms with E-state index in [4.69, 9.17) is 10.5 Å². The van der Waals surface area contributed by atoms with Gasteiger partial charge in [-0.05, 0) is 31.5 Å². The van der Waals surface area contributed by atoms with Gasteiger partial charge in [-0.3, -0.25) is 0 Å². The maximum Gasteiger partial charge on any atom is 0.224 e. The van der Waals surface area contributed by atoms with Crippen LogP contribution in [0.3, 0.4) is 0 Å². The van der Waals surface area contributed by atoms with Crippen LogP contribution in [0.5, 0.6) is 11.6 Å². The average Bonchev–Trinajstić information content (AvgIpc) is 2.35. The maximum absolute atomic E-state index is 13.8. The fourth-order valence-electron chi connectivity index (χ4n) is 1.61. The quantitative estimate of drug-likeness (QED) is 0.905. The topological polar surface area (TPSA) is 48.1 Å². The van der Waals surface area contributed by atoms with Gasteiger partial charge in [-0.2, -0.15) is 0 Å².